The predicted molar refractivity (Wildman–Crippen MR) is 67.0 cm³/mol. The molecule has 0 radical (unpaired) electrons. The van der Waals surface area contributed by atoms with Crippen molar-refractivity contribution in [2.45, 2.75) is 12.8 Å². The van der Waals surface area contributed by atoms with E-state index in [2.05, 4.69) is 4.98 Å². The lowest BCUT2D eigenvalue weighted by Gasteiger charge is -2.14. The molecule has 0 spiro atoms. The highest BCUT2D eigenvalue weighted by Gasteiger charge is 2.33. The molecule has 0 saturated heterocycles. The summed E-state index contributed by atoms with van der Waals surface area (Å²) in [4.78, 5) is 14.6. The van der Waals surface area contributed by atoms with Crippen LogP contribution in [0.2, 0.25) is 0 Å². The lowest BCUT2D eigenvalue weighted by Crippen LogP contribution is -2.12. The van der Waals surface area contributed by atoms with Gasteiger partial charge in [-0.2, -0.15) is 13.2 Å². The molecule has 0 fully saturated rings. The van der Waals surface area contributed by atoms with Gasteiger partial charge in [-0.25, -0.2) is 9.78 Å². The van der Waals surface area contributed by atoms with Crippen LogP contribution < -0.4 is 4.74 Å². The van der Waals surface area contributed by atoms with Crippen molar-refractivity contribution >= 4 is 5.97 Å². The number of ether oxygens (including phenoxy) is 1. The Hall–Kier alpha value is -2.57. The van der Waals surface area contributed by atoms with Gasteiger partial charge in [0.15, 0.2) is 11.4 Å². The van der Waals surface area contributed by atoms with Gasteiger partial charge in [-0.15, -0.1) is 0 Å². The molecule has 1 heterocycles. The zero-order chi connectivity index (χ0) is 15.5. The minimum atomic E-state index is -4.50. The molecule has 1 aromatic carbocycles. The maximum absolute atomic E-state index is 12.8. The Balaban J connectivity index is 2.24. The normalized spacial score (nSPS) is 11.2. The molecule has 0 aliphatic carbocycles. The fraction of sp³-hybridized carbons (Fsp3) is 0.143. The van der Waals surface area contributed by atoms with Gasteiger partial charge < -0.3 is 9.84 Å². The molecule has 2 aromatic rings. The van der Waals surface area contributed by atoms with E-state index in [1.165, 1.54) is 36.5 Å². The smallest absolute Gasteiger partial charge is 0.416 e. The Kier molecular flexibility index (Phi) is 4.11. The van der Waals surface area contributed by atoms with Crippen LogP contribution in [0.3, 0.4) is 0 Å². The van der Waals surface area contributed by atoms with E-state index in [0.717, 1.165) is 6.07 Å². The molecule has 7 heteroatoms. The highest BCUT2D eigenvalue weighted by molar-refractivity contribution is 5.88. The Morgan fingerprint density at radius 2 is 1.90 bits per heavy atom. The SMILES string of the molecule is O=C(O)c1ncccc1OCc1ccccc1C(F)(F)F. The Morgan fingerprint density at radius 1 is 1.19 bits per heavy atom. The summed E-state index contributed by atoms with van der Waals surface area (Å²) < 4.78 is 43.6. The van der Waals surface area contributed by atoms with Gasteiger partial charge in [-0.3, -0.25) is 0 Å². The third-order valence-corrected chi connectivity index (χ3v) is 2.68. The van der Waals surface area contributed by atoms with Crippen LogP contribution in [0.15, 0.2) is 42.6 Å². The van der Waals surface area contributed by atoms with Crippen molar-refractivity contribution in [3.63, 3.8) is 0 Å². The summed E-state index contributed by atoms with van der Waals surface area (Å²) in [5.41, 5.74) is -1.24. The first kappa shape index (κ1) is 14.8. The van der Waals surface area contributed by atoms with Crippen molar-refractivity contribution < 1.29 is 27.8 Å². The highest BCUT2D eigenvalue weighted by Crippen LogP contribution is 2.32. The largest absolute Gasteiger partial charge is 0.486 e. The third-order valence-electron chi connectivity index (χ3n) is 2.68. The molecular weight excluding hydrogens is 287 g/mol. The number of carboxylic acids is 1. The van der Waals surface area contributed by atoms with Gasteiger partial charge in [0.25, 0.3) is 0 Å². The number of halogens is 3. The molecule has 21 heavy (non-hydrogen) atoms. The average molecular weight is 297 g/mol. The van der Waals surface area contributed by atoms with Crippen LogP contribution >= 0.6 is 0 Å². The molecule has 110 valence electrons. The number of benzene rings is 1. The Labute approximate surface area is 117 Å². The standard InChI is InChI=1S/C14H10F3NO3/c15-14(16,17)10-5-2-1-4-9(10)8-21-11-6-3-7-18-12(11)13(19)20/h1-7H,8H2,(H,19,20). The zero-order valence-corrected chi connectivity index (χ0v) is 10.6. The van der Waals surface area contributed by atoms with Crippen LogP contribution in [0.5, 0.6) is 5.75 Å². The van der Waals surface area contributed by atoms with Crippen molar-refractivity contribution in [1.82, 2.24) is 4.98 Å². The fourth-order valence-corrected chi connectivity index (χ4v) is 1.75. The molecule has 4 nitrogen and oxygen atoms in total. The lowest BCUT2D eigenvalue weighted by molar-refractivity contribution is -0.138. The van der Waals surface area contributed by atoms with Crippen LogP contribution in [0, 0.1) is 0 Å². The van der Waals surface area contributed by atoms with E-state index < -0.39 is 24.3 Å². The van der Waals surface area contributed by atoms with Crippen molar-refractivity contribution in [2.24, 2.45) is 0 Å². The monoisotopic (exact) mass is 297 g/mol. The second-order valence-electron chi connectivity index (χ2n) is 4.10. The van der Waals surface area contributed by atoms with Gasteiger partial charge in [0.2, 0.25) is 0 Å². The van der Waals surface area contributed by atoms with E-state index in [-0.39, 0.29) is 17.0 Å². The van der Waals surface area contributed by atoms with E-state index in [4.69, 9.17) is 9.84 Å². The second-order valence-corrected chi connectivity index (χ2v) is 4.10. The molecule has 0 aliphatic heterocycles. The number of hydrogen-bond acceptors (Lipinski definition) is 3. The number of carboxylic acid groups (broad SMARTS) is 1. The zero-order valence-electron chi connectivity index (χ0n) is 10.6. The van der Waals surface area contributed by atoms with E-state index in [0.29, 0.717) is 0 Å². The van der Waals surface area contributed by atoms with Gasteiger partial charge in [0, 0.05) is 11.8 Å². The quantitative estimate of drug-likeness (QED) is 0.940. The molecule has 0 saturated carbocycles. The lowest BCUT2D eigenvalue weighted by atomic mass is 10.1. The number of alkyl halides is 3. The summed E-state index contributed by atoms with van der Waals surface area (Å²) in [5.74, 6) is -1.39. The summed E-state index contributed by atoms with van der Waals surface area (Å²) in [6.07, 6.45) is -3.23. The summed E-state index contributed by atoms with van der Waals surface area (Å²) in [7, 11) is 0. The van der Waals surface area contributed by atoms with E-state index in [1.807, 2.05) is 0 Å². The van der Waals surface area contributed by atoms with E-state index >= 15 is 0 Å². The van der Waals surface area contributed by atoms with Crippen LogP contribution in [0.4, 0.5) is 13.2 Å². The maximum atomic E-state index is 12.8. The second kappa shape index (κ2) is 5.82. The number of pyridine rings is 1. The highest BCUT2D eigenvalue weighted by atomic mass is 19.4. The number of rotatable bonds is 4. The molecule has 0 bridgehead atoms. The van der Waals surface area contributed by atoms with Crippen molar-refractivity contribution in [1.29, 1.82) is 0 Å². The molecule has 0 atom stereocenters. The van der Waals surface area contributed by atoms with Gasteiger partial charge in [-0.1, -0.05) is 18.2 Å². The van der Waals surface area contributed by atoms with Gasteiger partial charge >= 0.3 is 12.1 Å². The first-order chi connectivity index (χ1) is 9.89. The van der Waals surface area contributed by atoms with E-state index in [1.54, 1.807) is 0 Å². The van der Waals surface area contributed by atoms with Crippen LogP contribution in [0.25, 0.3) is 0 Å². The maximum Gasteiger partial charge on any atom is 0.416 e. The van der Waals surface area contributed by atoms with Gasteiger partial charge in [0.05, 0.1) is 5.56 Å². The van der Waals surface area contributed by atoms with Crippen molar-refractivity contribution in [3.8, 4) is 5.75 Å². The van der Waals surface area contributed by atoms with Gasteiger partial charge in [-0.05, 0) is 18.2 Å². The van der Waals surface area contributed by atoms with E-state index in [9.17, 15) is 18.0 Å². The van der Waals surface area contributed by atoms with Crippen LogP contribution in [-0.2, 0) is 12.8 Å². The van der Waals surface area contributed by atoms with Crippen LogP contribution in [0.1, 0.15) is 21.6 Å². The first-order valence-electron chi connectivity index (χ1n) is 5.86. The van der Waals surface area contributed by atoms with Gasteiger partial charge in [0.1, 0.15) is 6.61 Å². The summed E-state index contributed by atoms with van der Waals surface area (Å²) in [6.45, 7) is -0.401. The predicted octanol–water partition coefficient (Wildman–Crippen LogP) is 3.38. The molecule has 1 N–H and O–H groups in total. The third kappa shape index (κ3) is 3.50. The molecule has 0 unspecified atom stereocenters. The van der Waals surface area contributed by atoms with Crippen LogP contribution in [-0.4, -0.2) is 16.1 Å². The molecule has 0 amide bonds. The first-order valence-corrected chi connectivity index (χ1v) is 5.86. The molecule has 2 rings (SSSR count). The van der Waals surface area contributed by atoms with Crippen molar-refractivity contribution in [2.75, 3.05) is 0 Å². The number of hydrogen-bond donors (Lipinski definition) is 1. The Bertz CT molecular complexity index is 656. The Morgan fingerprint density at radius 3 is 2.57 bits per heavy atom. The summed E-state index contributed by atoms with van der Waals surface area (Å²) in [6, 6.07) is 7.73. The van der Waals surface area contributed by atoms with Crippen molar-refractivity contribution in [3.05, 3.63) is 59.4 Å². The minimum absolute atomic E-state index is 0.0785. The topological polar surface area (TPSA) is 59.4 Å². The fourth-order valence-electron chi connectivity index (χ4n) is 1.75. The summed E-state index contributed by atoms with van der Waals surface area (Å²) >= 11 is 0. The molecular formula is C14H10F3NO3. The average Bonchev–Trinajstić information content (AvgIpc) is 2.44. The molecule has 1 aromatic heterocycles. The number of aromatic carboxylic acids is 1. The number of aromatic nitrogens is 1. The minimum Gasteiger partial charge on any atom is -0.486 e. The number of carbonyl (C=O) groups is 1. The number of nitrogens with zero attached hydrogens (tertiary/aromatic N) is 1. The molecule has 0 aliphatic rings. The summed E-state index contributed by atoms with van der Waals surface area (Å²) in [5, 5.41) is 8.92.